The van der Waals surface area contributed by atoms with Gasteiger partial charge in [-0.1, -0.05) is 25.3 Å². The zero-order valence-electron chi connectivity index (χ0n) is 18.0. The molecule has 7 heteroatoms. The van der Waals surface area contributed by atoms with Gasteiger partial charge in [-0.2, -0.15) is 0 Å². The van der Waals surface area contributed by atoms with Crippen LogP contribution >= 0.6 is 0 Å². The molecule has 2 heterocycles. The number of rotatable bonds is 8. The Kier molecular flexibility index (Phi) is 6.57. The predicted octanol–water partition coefficient (Wildman–Crippen LogP) is 3.73. The summed E-state index contributed by atoms with van der Waals surface area (Å²) < 4.78 is 0. The molecule has 0 unspecified atom stereocenters. The molecule has 0 aliphatic heterocycles. The monoisotopic (exact) mass is 408 g/mol. The van der Waals surface area contributed by atoms with E-state index < -0.39 is 0 Å². The van der Waals surface area contributed by atoms with Gasteiger partial charge in [0.05, 0.1) is 0 Å². The molecule has 30 heavy (non-hydrogen) atoms. The van der Waals surface area contributed by atoms with E-state index in [1.807, 2.05) is 32.3 Å². The van der Waals surface area contributed by atoms with Crippen LogP contribution in [0.5, 0.6) is 0 Å². The van der Waals surface area contributed by atoms with Gasteiger partial charge in [-0.3, -0.25) is 4.79 Å². The highest BCUT2D eigenvalue weighted by molar-refractivity contribution is 6.02. The maximum absolute atomic E-state index is 12.8. The fourth-order valence-electron chi connectivity index (χ4n) is 4.17. The summed E-state index contributed by atoms with van der Waals surface area (Å²) in [5.74, 6) is 1.93. The van der Waals surface area contributed by atoms with Gasteiger partial charge in [0, 0.05) is 31.4 Å². The Morgan fingerprint density at radius 3 is 2.53 bits per heavy atom. The standard InChI is InChI=1S/C23H32N6O/c1-28(2)14-18-10-11-21(24-13-18)27-23(30)20-12-22(26-16-25-20)29(15-17-8-9-17)19-6-4-3-5-7-19/h10-13,16-17,19H,3-9,14-15H2,1-2H3,(H,24,27,30). The highest BCUT2D eigenvalue weighted by Crippen LogP contribution is 2.34. The number of nitrogens with one attached hydrogen (secondary N) is 1. The third-order valence-electron chi connectivity index (χ3n) is 5.91. The Morgan fingerprint density at radius 2 is 1.87 bits per heavy atom. The lowest BCUT2D eigenvalue weighted by Crippen LogP contribution is -2.39. The Balaban J connectivity index is 1.46. The van der Waals surface area contributed by atoms with Gasteiger partial charge in [0.15, 0.2) is 0 Å². The number of carbonyl (C=O) groups excluding carboxylic acids is 1. The molecule has 2 aliphatic carbocycles. The van der Waals surface area contributed by atoms with Crippen molar-refractivity contribution in [1.82, 2.24) is 19.9 Å². The number of aromatic nitrogens is 3. The molecular weight excluding hydrogens is 376 g/mol. The molecule has 4 rings (SSSR count). The zero-order valence-corrected chi connectivity index (χ0v) is 18.0. The Hall–Kier alpha value is -2.54. The lowest BCUT2D eigenvalue weighted by molar-refractivity contribution is 0.102. The third kappa shape index (κ3) is 5.53. The predicted molar refractivity (Wildman–Crippen MR) is 119 cm³/mol. The summed E-state index contributed by atoms with van der Waals surface area (Å²) in [5.41, 5.74) is 1.49. The van der Waals surface area contributed by atoms with E-state index >= 15 is 0 Å². The van der Waals surface area contributed by atoms with Crippen LogP contribution in [0, 0.1) is 5.92 Å². The van der Waals surface area contributed by atoms with E-state index in [1.165, 1.54) is 51.3 Å². The fourth-order valence-corrected chi connectivity index (χ4v) is 4.17. The lowest BCUT2D eigenvalue weighted by Gasteiger charge is -2.35. The molecule has 1 N–H and O–H groups in total. The summed E-state index contributed by atoms with van der Waals surface area (Å²) in [7, 11) is 4.03. The van der Waals surface area contributed by atoms with Crippen molar-refractivity contribution in [2.75, 3.05) is 30.9 Å². The van der Waals surface area contributed by atoms with Gasteiger partial charge >= 0.3 is 0 Å². The lowest BCUT2D eigenvalue weighted by atomic mass is 9.94. The summed E-state index contributed by atoms with van der Waals surface area (Å²) >= 11 is 0. The quantitative estimate of drug-likeness (QED) is 0.717. The maximum atomic E-state index is 12.8. The first kappa shape index (κ1) is 20.7. The van der Waals surface area contributed by atoms with Crippen LogP contribution in [0.15, 0.2) is 30.7 Å². The molecule has 2 aromatic heterocycles. The zero-order chi connectivity index (χ0) is 20.9. The minimum Gasteiger partial charge on any atom is -0.353 e. The average molecular weight is 409 g/mol. The van der Waals surface area contributed by atoms with Gasteiger partial charge in [-0.15, -0.1) is 0 Å². The van der Waals surface area contributed by atoms with Crippen molar-refractivity contribution in [1.29, 1.82) is 0 Å². The summed E-state index contributed by atoms with van der Waals surface area (Å²) in [6.45, 7) is 1.85. The number of pyridine rings is 1. The second-order valence-corrected chi connectivity index (χ2v) is 8.89. The van der Waals surface area contributed by atoms with Gasteiger partial charge < -0.3 is 15.1 Å². The Morgan fingerprint density at radius 1 is 1.07 bits per heavy atom. The average Bonchev–Trinajstić information content (AvgIpc) is 3.58. The molecular formula is C23H32N6O. The molecule has 160 valence electrons. The van der Waals surface area contributed by atoms with Crippen LogP contribution in [0.25, 0.3) is 0 Å². The van der Waals surface area contributed by atoms with Gasteiger partial charge in [0.2, 0.25) is 0 Å². The van der Waals surface area contributed by atoms with Crippen molar-refractivity contribution in [3.05, 3.63) is 42.0 Å². The van der Waals surface area contributed by atoms with Crippen LogP contribution in [0.1, 0.15) is 61.0 Å². The van der Waals surface area contributed by atoms with Crippen LogP contribution in [-0.2, 0) is 6.54 Å². The molecule has 0 bridgehead atoms. The summed E-state index contributed by atoms with van der Waals surface area (Å²) in [6, 6.07) is 6.18. The SMILES string of the molecule is CN(C)Cc1ccc(NC(=O)c2cc(N(CC3CC3)C3CCCCC3)ncn2)nc1. The van der Waals surface area contributed by atoms with E-state index in [-0.39, 0.29) is 5.91 Å². The van der Waals surface area contributed by atoms with Gasteiger partial charge in [-0.25, -0.2) is 15.0 Å². The Labute approximate surface area is 178 Å². The molecule has 7 nitrogen and oxygen atoms in total. The Bertz CT molecular complexity index is 843. The number of nitrogens with zero attached hydrogens (tertiary/aromatic N) is 5. The van der Waals surface area contributed by atoms with Crippen LogP contribution in [0.4, 0.5) is 11.6 Å². The molecule has 0 spiro atoms. The van der Waals surface area contributed by atoms with Crippen molar-refractivity contribution in [3.63, 3.8) is 0 Å². The van der Waals surface area contributed by atoms with Crippen molar-refractivity contribution >= 4 is 17.5 Å². The summed E-state index contributed by atoms with van der Waals surface area (Å²) in [4.78, 5) is 30.4. The second-order valence-electron chi connectivity index (χ2n) is 8.89. The number of amides is 1. The maximum Gasteiger partial charge on any atom is 0.275 e. The van der Waals surface area contributed by atoms with E-state index in [0.717, 1.165) is 30.4 Å². The first-order valence-corrected chi connectivity index (χ1v) is 11.1. The van der Waals surface area contributed by atoms with E-state index in [1.54, 1.807) is 6.20 Å². The molecule has 1 amide bonds. The number of carbonyl (C=O) groups is 1. The minimum absolute atomic E-state index is 0.249. The van der Waals surface area contributed by atoms with E-state index in [9.17, 15) is 4.79 Å². The number of hydrogen-bond acceptors (Lipinski definition) is 6. The topological polar surface area (TPSA) is 74.2 Å². The first-order valence-electron chi connectivity index (χ1n) is 11.1. The van der Waals surface area contributed by atoms with E-state index in [2.05, 4.69) is 30.1 Å². The smallest absolute Gasteiger partial charge is 0.275 e. The molecule has 0 radical (unpaired) electrons. The van der Waals surface area contributed by atoms with Crippen molar-refractivity contribution in [2.24, 2.45) is 5.92 Å². The molecule has 2 aromatic rings. The van der Waals surface area contributed by atoms with Crippen LogP contribution in [0.3, 0.4) is 0 Å². The first-order chi connectivity index (χ1) is 14.6. The van der Waals surface area contributed by atoms with Crippen LogP contribution < -0.4 is 10.2 Å². The minimum atomic E-state index is -0.249. The highest BCUT2D eigenvalue weighted by atomic mass is 16.1. The molecule has 2 aliphatic rings. The number of anilines is 2. The van der Waals surface area contributed by atoms with Gasteiger partial charge in [0.1, 0.15) is 23.7 Å². The second kappa shape index (κ2) is 9.51. The largest absolute Gasteiger partial charge is 0.353 e. The van der Waals surface area contributed by atoms with Gasteiger partial charge in [0.25, 0.3) is 5.91 Å². The van der Waals surface area contributed by atoms with E-state index in [4.69, 9.17) is 0 Å². The van der Waals surface area contributed by atoms with Crippen molar-refractivity contribution < 1.29 is 4.79 Å². The molecule has 2 saturated carbocycles. The normalized spacial score (nSPS) is 17.2. The van der Waals surface area contributed by atoms with Crippen LogP contribution in [0.2, 0.25) is 0 Å². The molecule has 2 fully saturated rings. The molecule has 0 saturated heterocycles. The third-order valence-corrected chi connectivity index (χ3v) is 5.91. The van der Waals surface area contributed by atoms with Crippen molar-refractivity contribution in [3.8, 4) is 0 Å². The van der Waals surface area contributed by atoms with Gasteiger partial charge in [-0.05, 0) is 57.3 Å². The van der Waals surface area contributed by atoms with Crippen molar-refractivity contribution in [2.45, 2.75) is 57.5 Å². The highest BCUT2D eigenvalue weighted by Gasteiger charge is 2.30. The number of hydrogen-bond donors (Lipinski definition) is 1. The van der Waals surface area contributed by atoms with E-state index in [0.29, 0.717) is 17.6 Å². The van der Waals surface area contributed by atoms with Crippen LogP contribution in [-0.4, -0.2) is 52.4 Å². The summed E-state index contributed by atoms with van der Waals surface area (Å²) in [5, 5.41) is 2.87. The fraction of sp³-hybridized carbons (Fsp3) is 0.565. The molecule has 0 aromatic carbocycles. The molecule has 0 atom stereocenters. The summed E-state index contributed by atoms with van der Waals surface area (Å²) in [6.07, 6.45) is 12.2.